The highest BCUT2D eigenvalue weighted by Gasteiger charge is 2.12. The Bertz CT molecular complexity index is 700. The predicted molar refractivity (Wildman–Crippen MR) is 104 cm³/mol. The van der Waals surface area contributed by atoms with Gasteiger partial charge in [-0.05, 0) is 63.4 Å². The van der Waals surface area contributed by atoms with Gasteiger partial charge in [0.15, 0.2) is 0 Å². The predicted octanol–water partition coefficient (Wildman–Crippen LogP) is 3.84. The Morgan fingerprint density at radius 1 is 1.12 bits per heavy atom. The van der Waals surface area contributed by atoms with Gasteiger partial charge in [-0.25, -0.2) is 0 Å². The number of aliphatic hydroxyl groups is 1. The zero-order chi connectivity index (χ0) is 17.5. The maximum Gasteiger partial charge on any atom is 0.0708 e. The van der Waals surface area contributed by atoms with Gasteiger partial charge in [0.25, 0.3) is 0 Å². The minimum Gasteiger partial charge on any atom is -0.396 e. The molecular formula is C22H28N2O. The van der Waals surface area contributed by atoms with E-state index in [2.05, 4.69) is 54.3 Å². The molecule has 0 aliphatic carbocycles. The van der Waals surface area contributed by atoms with Gasteiger partial charge in [-0.1, -0.05) is 42.0 Å². The van der Waals surface area contributed by atoms with Crippen molar-refractivity contribution in [1.29, 1.82) is 0 Å². The van der Waals surface area contributed by atoms with Gasteiger partial charge in [-0.3, -0.25) is 9.88 Å². The topological polar surface area (TPSA) is 36.4 Å². The molecule has 0 bridgehead atoms. The average Bonchev–Trinajstić information content (AvgIpc) is 3.15. The van der Waals surface area contributed by atoms with Gasteiger partial charge in [0.2, 0.25) is 0 Å². The average molecular weight is 336 g/mol. The highest BCUT2D eigenvalue weighted by atomic mass is 16.2. The summed E-state index contributed by atoms with van der Waals surface area (Å²) in [6.45, 7) is 5.70. The maximum atomic E-state index is 9.07. The number of hydrogen-bond donors (Lipinski definition) is 1. The SMILES string of the molecule is Cc1ccc(/C(=C/CN2CCCC2)c2cccc(CCCO)n2)cc1. The largest absolute Gasteiger partial charge is 0.396 e. The molecule has 25 heavy (non-hydrogen) atoms. The molecular weight excluding hydrogens is 308 g/mol. The van der Waals surface area contributed by atoms with E-state index in [1.165, 1.54) is 42.6 Å². The first-order chi connectivity index (χ1) is 12.3. The number of pyridine rings is 1. The summed E-state index contributed by atoms with van der Waals surface area (Å²) in [6, 6.07) is 14.9. The van der Waals surface area contributed by atoms with Gasteiger partial charge in [0, 0.05) is 24.4 Å². The smallest absolute Gasteiger partial charge is 0.0708 e. The lowest BCUT2D eigenvalue weighted by molar-refractivity contribution is 0.288. The van der Waals surface area contributed by atoms with Crippen LogP contribution in [0.1, 0.15) is 41.8 Å². The zero-order valence-electron chi connectivity index (χ0n) is 15.1. The fourth-order valence-corrected chi connectivity index (χ4v) is 3.32. The second kappa shape index (κ2) is 8.93. The van der Waals surface area contributed by atoms with E-state index in [0.717, 1.165) is 30.8 Å². The van der Waals surface area contributed by atoms with E-state index in [1.54, 1.807) is 0 Å². The number of likely N-dealkylation sites (tertiary alicyclic amines) is 1. The molecule has 0 saturated carbocycles. The van der Waals surface area contributed by atoms with Gasteiger partial charge in [-0.15, -0.1) is 0 Å². The fourth-order valence-electron chi connectivity index (χ4n) is 3.32. The van der Waals surface area contributed by atoms with Gasteiger partial charge >= 0.3 is 0 Å². The van der Waals surface area contributed by atoms with Crippen molar-refractivity contribution in [1.82, 2.24) is 9.88 Å². The number of rotatable bonds is 7. The molecule has 0 spiro atoms. The van der Waals surface area contributed by atoms with Crippen LogP contribution in [0.25, 0.3) is 5.57 Å². The van der Waals surface area contributed by atoms with Crippen LogP contribution in [0.5, 0.6) is 0 Å². The lowest BCUT2D eigenvalue weighted by Crippen LogP contribution is -2.19. The molecule has 3 heteroatoms. The molecule has 3 rings (SSSR count). The summed E-state index contributed by atoms with van der Waals surface area (Å²) in [7, 11) is 0. The van der Waals surface area contributed by atoms with Crippen molar-refractivity contribution in [3.63, 3.8) is 0 Å². The van der Waals surface area contributed by atoms with Crippen molar-refractivity contribution >= 4 is 5.57 Å². The number of aromatic nitrogens is 1. The van der Waals surface area contributed by atoms with Crippen molar-refractivity contribution < 1.29 is 5.11 Å². The van der Waals surface area contributed by atoms with Crippen LogP contribution in [-0.2, 0) is 6.42 Å². The van der Waals surface area contributed by atoms with Gasteiger partial charge in [0.1, 0.15) is 0 Å². The summed E-state index contributed by atoms with van der Waals surface area (Å²) >= 11 is 0. The Morgan fingerprint density at radius 3 is 2.60 bits per heavy atom. The lowest BCUT2D eigenvalue weighted by atomic mass is 10.00. The molecule has 2 heterocycles. The van der Waals surface area contributed by atoms with E-state index in [-0.39, 0.29) is 6.61 Å². The van der Waals surface area contributed by atoms with Crippen LogP contribution in [0, 0.1) is 6.92 Å². The highest BCUT2D eigenvalue weighted by Crippen LogP contribution is 2.23. The van der Waals surface area contributed by atoms with Crippen LogP contribution in [-0.4, -0.2) is 41.2 Å². The number of aryl methyl sites for hydroxylation is 2. The van der Waals surface area contributed by atoms with E-state index in [0.29, 0.717) is 0 Å². The minimum absolute atomic E-state index is 0.210. The zero-order valence-corrected chi connectivity index (χ0v) is 15.1. The molecule has 1 N–H and O–H groups in total. The summed E-state index contributed by atoms with van der Waals surface area (Å²) < 4.78 is 0. The molecule has 1 saturated heterocycles. The number of benzene rings is 1. The second-order valence-corrected chi connectivity index (χ2v) is 6.83. The van der Waals surface area contributed by atoms with Crippen molar-refractivity contribution in [2.45, 2.75) is 32.6 Å². The Kier molecular flexibility index (Phi) is 6.37. The molecule has 2 aromatic rings. The highest BCUT2D eigenvalue weighted by molar-refractivity contribution is 5.78. The van der Waals surface area contributed by atoms with Crippen molar-refractivity contribution in [3.05, 3.63) is 71.1 Å². The Labute approximate surface area is 151 Å². The summed E-state index contributed by atoms with van der Waals surface area (Å²) in [5, 5.41) is 9.07. The van der Waals surface area contributed by atoms with E-state index >= 15 is 0 Å². The van der Waals surface area contributed by atoms with Crippen LogP contribution in [0.15, 0.2) is 48.5 Å². The number of hydrogen-bond acceptors (Lipinski definition) is 3. The van der Waals surface area contributed by atoms with Gasteiger partial charge in [-0.2, -0.15) is 0 Å². The normalized spacial score (nSPS) is 15.7. The Morgan fingerprint density at radius 2 is 1.88 bits per heavy atom. The maximum absolute atomic E-state index is 9.07. The van der Waals surface area contributed by atoms with Crippen LogP contribution >= 0.6 is 0 Å². The minimum atomic E-state index is 0.210. The molecule has 0 amide bonds. The standard InChI is InChI=1S/C22H28N2O/c1-18-9-11-19(12-10-18)21(13-16-24-14-2-3-15-24)22-8-4-6-20(23-22)7-5-17-25/h4,6,8-13,25H,2-3,5,7,14-17H2,1H3/b21-13-. The molecule has 0 atom stereocenters. The van der Waals surface area contributed by atoms with Crippen LogP contribution in [0.4, 0.5) is 0 Å². The Hall–Kier alpha value is -1.97. The first-order valence-corrected chi connectivity index (χ1v) is 9.33. The number of aliphatic hydroxyl groups excluding tert-OH is 1. The first kappa shape index (κ1) is 17.8. The molecule has 0 radical (unpaired) electrons. The summed E-state index contributed by atoms with van der Waals surface area (Å²) in [6.07, 6.45) is 6.52. The van der Waals surface area contributed by atoms with Gasteiger partial charge < -0.3 is 5.11 Å². The Balaban J connectivity index is 1.89. The van der Waals surface area contributed by atoms with E-state index < -0.39 is 0 Å². The molecule has 1 fully saturated rings. The third kappa shape index (κ3) is 5.00. The molecule has 1 aromatic heterocycles. The van der Waals surface area contributed by atoms with Crippen LogP contribution < -0.4 is 0 Å². The van der Waals surface area contributed by atoms with E-state index in [4.69, 9.17) is 10.1 Å². The van der Waals surface area contributed by atoms with Crippen LogP contribution in [0.3, 0.4) is 0 Å². The summed E-state index contributed by atoms with van der Waals surface area (Å²) in [5.41, 5.74) is 5.77. The van der Waals surface area contributed by atoms with Crippen molar-refractivity contribution in [2.24, 2.45) is 0 Å². The van der Waals surface area contributed by atoms with E-state index in [9.17, 15) is 0 Å². The first-order valence-electron chi connectivity index (χ1n) is 9.33. The van der Waals surface area contributed by atoms with E-state index in [1.807, 2.05) is 6.07 Å². The van der Waals surface area contributed by atoms with Crippen molar-refractivity contribution in [3.8, 4) is 0 Å². The molecule has 3 nitrogen and oxygen atoms in total. The third-order valence-corrected chi connectivity index (χ3v) is 4.79. The molecule has 1 aliphatic rings. The number of nitrogens with zero attached hydrogens (tertiary/aromatic N) is 2. The van der Waals surface area contributed by atoms with Gasteiger partial charge in [0.05, 0.1) is 5.69 Å². The summed E-state index contributed by atoms with van der Waals surface area (Å²) in [5.74, 6) is 0. The quantitative estimate of drug-likeness (QED) is 0.834. The lowest BCUT2D eigenvalue weighted by Gasteiger charge is -2.14. The second-order valence-electron chi connectivity index (χ2n) is 6.83. The van der Waals surface area contributed by atoms with Crippen LogP contribution in [0.2, 0.25) is 0 Å². The fraction of sp³-hybridized carbons (Fsp3) is 0.409. The molecule has 1 aromatic carbocycles. The summed E-state index contributed by atoms with van der Waals surface area (Å²) in [4.78, 5) is 7.36. The molecule has 132 valence electrons. The molecule has 0 unspecified atom stereocenters. The third-order valence-electron chi connectivity index (χ3n) is 4.79. The molecule has 1 aliphatic heterocycles. The monoisotopic (exact) mass is 336 g/mol. The van der Waals surface area contributed by atoms with Crippen molar-refractivity contribution in [2.75, 3.05) is 26.2 Å².